The lowest BCUT2D eigenvalue weighted by molar-refractivity contribution is -0.131. The lowest BCUT2D eigenvalue weighted by Gasteiger charge is -2.26. The number of methoxy groups -OCH3 is 1. The van der Waals surface area contributed by atoms with Crippen molar-refractivity contribution in [3.63, 3.8) is 0 Å². The smallest absolute Gasteiger partial charge is 0.222 e. The maximum atomic E-state index is 12.1. The molecule has 1 unspecified atom stereocenters. The van der Waals surface area contributed by atoms with Crippen molar-refractivity contribution in [1.29, 1.82) is 0 Å². The van der Waals surface area contributed by atoms with E-state index in [9.17, 15) is 4.79 Å². The fourth-order valence-corrected chi connectivity index (χ4v) is 2.17. The molecule has 1 aromatic carbocycles. The Balaban J connectivity index is 2.70. The summed E-state index contributed by atoms with van der Waals surface area (Å²) in [5.41, 5.74) is 1.03. The quantitative estimate of drug-likeness (QED) is 0.565. The molecular formula is C15H22ClNO2. The minimum Gasteiger partial charge on any atom is -0.496 e. The molecule has 3 nitrogen and oxygen atoms in total. The summed E-state index contributed by atoms with van der Waals surface area (Å²) in [6, 6.07) is 7.79. The summed E-state index contributed by atoms with van der Waals surface area (Å²) in [5, 5.41) is 0. The van der Waals surface area contributed by atoms with Crippen molar-refractivity contribution in [2.45, 2.75) is 32.2 Å². The number of rotatable bonds is 7. The molecule has 19 heavy (non-hydrogen) atoms. The number of carbonyl (C=O) groups is 1. The minimum absolute atomic E-state index is 0.000323. The molecule has 1 atom stereocenters. The summed E-state index contributed by atoms with van der Waals surface area (Å²) >= 11 is 5.62. The monoisotopic (exact) mass is 283 g/mol. The SMILES string of the molecule is COc1ccccc1C(C)N(C)C(=O)CCCCCl. The number of benzene rings is 1. The number of ether oxygens (including phenoxy) is 1. The van der Waals surface area contributed by atoms with E-state index in [1.165, 1.54) is 0 Å². The van der Waals surface area contributed by atoms with Crippen molar-refractivity contribution in [3.8, 4) is 5.75 Å². The third-order valence-corrected chi connectivity index (χ3v) is 3.60. The van der Waals surface area contributed by atoms with Gasteiger partial charge in [-0.05, 0) is 25.8 Å². The van der Waals surface area contributed by atoms with Crippen LogP contribution in [0.1, 0.15) is 37.8 Å². The van der Waals surface area contributed by atoms with E-state index in [0.29, 0.717) is 12.3 Å². The van der Waals surface area contributed by atoms with Crippen LogP contribution in [-0.2, 0) is 4.79 Å². The summed E-state index contributed by atoms with van der Waals surface area (Å²) < 4.78 is 5.34. The molecule has 0 saturated heterocycles. The normalized spacial score (nSPS) is 12.0. The highest BCUT2D eigenvalue weighted by atomic mass is 35.5. The minimum atomic E-state index is -0.000323. The van der Waals surface area contributed by atoms with Crippen molar-refractivity contribution < 1.29 is 9.53 Å². The molecule has 0 aliphatic carbocycles. The summed E-state index contributed by atoms with van der Waals surface area (Å²) in [6.07, 6.45) is 2.26. The van der Waals surface area contributed by atoms with Gasteiger partial charge in [-0.3, -0.25) is 4.79 Å². The highest BCUT2D eigenvalue weighted by Crippen LogP contribution is 2.28. The lowest BCUT2D eigenvalue weighted by Crippen LogP contribution is -2.29. The van der Waals surface area contributed by atoms with Gasteiger partial charge in [-0.25, -0.2) is 0 Å². The predicted molar refractivity (Wildman–Crippen MR) is 78.8 cm³/mol. The highest BCUT2D eigenvalue weighted by Gasteiger charge is 2.19. The molecule has 0 saturated carbocycles. The van der Waals surface area contributed by atoms with Crippen molar-refractivity contribution in [2.24, 2.45) is 0 Å². The molecule has 1 amide bonds. The van der Waals surface area contributed by atoms with Crippen LogP contribution in [0.15, 0.2) is 24.3 Å². The number of nitrogens with zero attached hydrogens (tertiary/aromatic N) is 1. The number of hydrogen-bond donors (Lipinski definition) is 0. The number of halogens is 1. The van der Waals surface area contributed by atoms with E-state index in [-0.39, 0.29) is 11.9 Å². The summed E-state index contributed by atoms with van der Waals surface area (Å²) in [5.74, 6) is 1.57. The number of amides is 1. The molecule has 0 aromatic heterocycles. The van der Waals surface area contributed by atoms with Gasteiger partial charge >= 0.3 is 0 Å². The molecule has 106 valence electrons. The Morgan fingerprint density at radius 1 is 1.37 bits per heavy atom. The van der Waals surface area contributed by atoms with Crippen LogP contribution in [0.2, 0.25) is 0 Å². The van der Waals surface area contributed by atoms with Gasteiger partial charge in [0, 0.05) is 24.9 Å². The van der Waals surface area contributed by atoms with Crippen LogP contribution < -0.4 is 4.74 Å². The van der Waals surface area contributed by atoms with E-state index < -0.39 is 0 Å². The van der Waals surface area contributed by atoms with Crippen molar-refractivity contribution in [3.05, 3.63) is 29.8 Å². The Morgan fingerprint density at radius 2 is 2.05 bits per heavy atom. The first-order valence-electron chi connectivity index (χ1n) is 6.56. The third kappa shape index (κ3) is 4.43. The van der Waals surface area contributed by atoms with E-state index in [2.05, 4.69) is 0 Å². The number of unbranched alkanes of at least 4 members (excludes halogenated alkanes) is 1. The zero-order valence-corrected chi connectivity index (χ0v) is 12.6. The van der Waals surface area contributed by atoms with Crippen LogP contribution >= 0.6 is 11.6 Å². The van der Waals surface area contributed by atoms with Crippen LogP contribution in [0.25, 0.3) is 0 Å². The van der Waals surface area contributed by atoms with Gasteiger partial charge < -0.3 is 9.64 Å². The van der Waals surface area contributed by atoms with E-state index in [4.69, 9.17) is 16.3 Å². The molecule has 0 spiro atoms. The molecule has 0 N–H and O–H groups in total. The number of hydrogen-bond acceptors (Lipinski definition) is 2. The van der Waals surface area contributed by atoms with Gasteiger partial charge in [-0.1, -0.05) is 18.2 Å². The van der Waals surface area contributed by atoms with Crippen LogP contribution in [-0.4, -0.2) is 30.8 Å². The molecule has 0 radical (unpaired) electrons. The Labute approximate surface area is 120 Å². The first-order chi connectivity index (χ1) is 9.11. The largest absolute Gasteiger partial charge is 0.496 e. The Morgan fingerprint density at radius 3 is 2.68 bits per heavy atom. The van der Waals surface area contributed by atoms with Crippen LogP contribution in [0, 0.1) is 0 Å². The van der Waals surface area contributed by atoms with Crippen molar-refractivity contribution in [1.82, 2.24) is 4.90 Å². The molecule has 4 heteroatoms. The summed E-state index contributed by atoms with van der Waals surface area (Å²) in [7, 11) is 3.48. The first-order valence-corrected chi connectivity index (χ1v) is 7.09. The zero-order valence-electron chi connectivity index (χ0n) is 11.9. The Hall–Kier alpha value is -1.22. The van der Waals surface area contributed by atoms with E-state index in [1.807, 2.05) is 38.2 Å². The summed E-state index contributed by atoms with van der Waals surface area (Å²) in [4.78, 5) is 13.8. The van der Waals surface area contributed by atoms with Gasteiger partial charge in [0.15, 0.2) is 0 Å². The lowest BCUT2D eigenvalue weighted by atomic mass is 10.1. The maximum Gasteiger partial charge on any atom is 0.222 e. The number of alkyl halides is 1. The third-order valence-electron chi connectivity index (χ3n) is 3.34. The van der Waals surface area contributed by atoms with Crippen LogP contribution in [0.3, 0.4) is 0 Å². The van der Waals surface area contributed by atoms with Gasteiger partial charge in [-0.15, -0.1) is 11.6 Å². The number of carbonyl (C=O) groups excluding carboxylic acids is 1. The average Bonchev–Trinajstić information content (AvgIpc) is 2.45. The molecule has 0 bridgehead atoms. The molecule has 0 aliphatic heterocycles. The van der Waals surface area contributed by atoms with Gasteiger partial charge in [0.25, 0.3) is 0 Å². The van der Waals surface area contributed by atoms with E-state index in [1.54, 1.807) is 12.0 Å². The summed E-state index contributed by atoms with van der Waals surface area (Å²) in [6.45, 7) is 2.01. The van der Waals surface area contributed by atoms with Gasteiger partial charge in [0.05, 0.1) is 13.2 Å². The zero-order chi connectivity index (χ0) is 14.3. The predicted octanol–water partition coefficient (Wildman–Crippen LogP) is 3.62. The maximum absolute atomic E-state index is 12.1. The molecule has 0 fully saturated rings. The fraction of sp³-hybridized carbons (Fsp3) is 0.533. The van der Waals surface area contributed by atoms with Crippen molar-refractivity contribution in [2.75, 3.05) is 20.0 Å². The Bertz CT molecular complexity index is 409. The highest BCUT2D eigenvalue weighted by molar-refractivity contribution is 6.17. The second-order valence-electron chi connectivity index (χ2n) is 4.57. The molecular weight excluding hydrogens is 262 g/mol. The van der Waals surface area contributed by atoms with Crippen molar-refractivity contribution >= 4 is 17.5 Å². The van der Waals surface area contributed by atoms with Crippen LogP contribution in [0.5, 0.6) is 5.75 Å². The fourth-order valence-electron chi connectivity index (χ4n) is 1.98. The van der Waals surface area contributed by atoms with Gasteiger partial charge in [0.1, 0.15) is 5.75 Å². The topological polar surface area (TPSA) is 29.5 Å². The van der Waals surface area contributed by atoms with Gasteiger partial charge in [-0.2, -0.15) is 0 Å². The van der Waals surface area contributed by atoms with Crippen LogP contribution in [0.4, 0.5) is 0 Å². The Kier molecular flexibility index (Phi) is 6.71. The van der Waals surface area contributed by atoms with E-state index >= 15 is 0 Å². The number of para-hydroxylation sites is 1. The molecule has 0 heterocycles. The average molecular weight is 284 g/mol. The standard InChI is InChI=1S/C15H22ClNO2/c1-12(13-8-4-5-9-14(13)19-3)17(2)15(18)10-6-7-11-16/h4-5,8-9,12H,6-7,10-11H2,1-3H3. The second kappa shape index (κ2) is 8.05. The van der Waals surface area contributed by atoms with Gasteiger partial charge in [0.2, 0.25) is 5.91 Å². The molecule has 0 aliphatic rings. The first kappa shape index (κ1) is 15.8. The second-order valence-corrected chi connectivity index (χ2v) is 4.95. The molecule has 1 aromatic rings. The molecule has 1 rings (SSSR count). The van der Waals surface area contributed by atoms with E-state index in [0.717, 1.165) is 24.2 Å².